The number of nitrogens with zero attached hydrogens (tertiary/aromatic N) is 3. The molecular weight excluding hydrogens is 396 g/mol. The molecule has 8 heteroatoms. The van der Waals surface area contributed by atoms with Crippen LogP contribution in [-0.4, -0.2) is 40.0 Å². The lowest BCUT2D eigenvalue weighted by Crippen LogP contribution is -2.40. The molecule has 0 aliphatic heterocycles. The van der Waals surface area contributed by atoms with E-state index in [4.69, 9.17) is 5.73 Å². The van der Waals surface area contributed by atoms with Crippen molar-refractivity contribution >= 4 is 39.9 Å². The fourth-order valence-electron chi connectivity index (χ4n) is 2.87. The summed E-state index contributed by atoms with van der Waals surface area (Å²) in [5.41, 5.74) is 8.56. The number of halogens is 1. The van der Waals surface area contributed by atoms with Gasteiger partial charge in [-0.15, -0.1) is 23.7 Å². The van der Waals surface area contributed by atoms with Crippen molar-refractivity contribution in [2.24, 2.45) is 5.73 Å². The first kappa shape index (κ1) is 22.1. The fourth-order valence-corrected chi connectivity index (χ4v) is 3.78. The Bertz CT molecular complexity index is 1010. The van der Waals surface area contributed by atoms with Gasteiger partial charge in [-0.25, -0.2) is 4.98 Å². The van der Waals surface area contributed by atoms with Crippen molar-refractivity contribution in [3.8, 4) is 11.1 Å². The summed E-state index contributed by atoms with van der Waals surface area (Å²) in [6, 6.07) is 8.06. The molecule has 28 heavy (non-hydrogen) atoms. The molecule has 0 aliphatic rings. The molecule has 0 saturated heterocycles. The lowest BCUT2D eigenvalue weighted by atomic mass is 10.1. The van der Waals surface area contributed by atoms with Crippen LogP contribution in [-0.2, 0) is 11.3 Å². The third-order valence-corrected chi connectivity index (χ3v) is 5.77. The molecule has 3 rings (SSSR count). The lowest BCUT2D eigenvalue weighted by Gasteiger charge is -2.23. The zero-order chi connectivity index (χ0) is 19.6. The molecule has 1 unspecified atom stereocenters. The Morgan fingerprint density at radius 3 is 2.64 bits per heavy atom. The van der Waals surface area contributed by atoms with Crippen LogP contribution in [0.2, 0.25) is 0 Å². The first-order valence-corrected chi connectivity index (χ1v) is 9.79. The SMILES string of the molecule is Cc1ccc(-c2csc3ncn(CCC(=O)N(C)C(C)CN)c(=O)c23)cc1.Cl. The number of hydrogen-bond donors (Lipinski definition) is 1. The van der Waals surface area contributed by atoms with E-state index in [1.54, 1.807) is 11.9 Å². The predicted octanol–water partition coefficient (Wildman–Crippen LogP) is 3.05. The van der Waals surface area contributed by atoms with Gasteiger partial charge in [0, 0.05) is 43.5 Å². The Hall–Kier alpha value is -2.22. The van der Waals surface area contributed by atoms with Gasteiger partial charge in [0.2, 0.25) is 5.91 Å². The van der Waals surface area contributed by atoms with Gasteiger partial charge in [-0.3, -0.25) is 14.2 Å². The van der Waals surface area contributed by atoms with Gasteiger partial charge in [0.15, 0.2) is 0 Å². The molecular formula is C20H25ClN4O2S. The number of thiophene rings is 1. The molecule has 6 nitrogen and oxygen atoms in total. The van der Waals surface area contributed by atoms with Crippen molar-refractivity contribution in [2.45, 2.75) is 32.9 Å². The molecule has 0 radical (unpaired) electrons. The molecule has 0 spiro atoms. The monoisotopic (exact) mass is 420 g/mol. The minimum absolute atomic E-state index is 0. The van der Waals surface area contributed by atoms with Crippen LogP contribution in [0.1, 0.15) is 18.9 Å². The van der Waals surface area contributed by atoms with Crippen LogP contribution in [0.15, 0.2) is 40.8 Å². The van der Waals surface area contributed by atoms with Gasteiger partial charge in [-0.2, -0.15) is 0 Å². The van der Waals surface area contributed by atoms with Crippen molar-refractivity contribution in [1.82, 2.24) is 14.5 Å². The maximum atomic E-state index is 13.0. The Balaban J connectivity index is 0.00000280. The van der Waals surface area contributed by atoms with Crippen LogP contribution in [0.3, 0.4) is 0 Å². The Labute approximate surface area is 174 Å². The second-order valence-corrected chi connectivity index (χ2v) is 7.64. The molecule has 2 aromatic heterocycles. The summed E-state index contributed by atoms with van der Waals surface area (Å²) in [5, 5.41) is 2.58. The van der Waals surface area contributed by atoms with Gasteiger partial charge in [-0.1, -0.05) is 29.8 Å². The van der Waals surface area contributed by atoms with Crippen molar-refractivity contribution in [2.75, 3.05) is 13.6 Å². The van der Waals surface area contributed by atoms with Crippen LogP contribution in [0.25, 0.3) is 21.3 Å². The average molecular weight is 421 g/mol. The van der Waals surface area contributed by atoms with Crippen LogP contribution >= 0.6 is 23.7 Å². The fraction of sp³-hybridized carbons (Fsp3) is 0.350. The van der Waals surface area contributed by atoms with E-state index in [-0.39, 0.29) is 36.3 Å². The van der Waals surface area contributed by atoms with Crippen LogP contribution < -0.4 is 11.3 Å². The molecule has 3 aromatic rings. The Morgan fingerprint density at radius 2 is 2.00 bits per heavy atom. The number of benzene rings is 1. The van der Waals surface area contributed by atoms with Crippen LogP contribution in [0.5, 0.6) is 0 Å². The maximum absolute atomic E-state index is 13.0. The summed E-state index contributed by atoms with van der Waals surface area (Å²) in [6.45, 7) is 4.64. The van der Waals surface area contributed by atoms with Crippen molar-refractivity contribution in [3.05, 3.63) is 51.9 Å². The zero-order valence-corrected chi connectivity index (χ0v) is 17.8. The van der Waals surface area contributed by atoms with E-state index in [0.29, 0.717) is 23.3 Å². The highest BCUT2D eigenvalue weighted by atomic mass is 35.5. The second kappa shape index (κ2) is 9.32. The molecule has 0 fully saturated rings. The summed E-state index contributed by atoms with van der Waals surface area (Å²) in [5.74, 6) is -0.0379. The van der Waals surface area contributed by atoms with Crippen molar-refractivity contribution in [1.29, 1.82) is 0 Å². The van der Waals surface area contributed by atoms with E-state index >= 15 is 0 Å². The third-order valence-electron chi connectivity index (χ3n) is 4.89. The number of likely N-dealkylation sites (N-methyl/N-ethyl adjacent to an activating group) is 1. The summed E-state index contributed by atoms with van der Waals surface area (Å²) in [4.78, 5) is 32.1. The highest BCUT2D eigenvalue weighted by molar-refractivity contribution is 7.17. The van der Waals surface area contributed by atoms with Gasteiger partial charge < -0.3 is 10.6 Å². The standard InChI is InChI=1S/C20H24N4O2S.ClH/c1-13-4-6-15(7-5-13)16-11-27-19-18(16)20(26)24(12-22-19)9-8-17(25)23(3)14(2)10-21;/h4-7,11-12,14H,8-10,21H2,1-3H3;1H. The molecule has 2 N–H and O–H groups in total. The zero-order valence-electron chi connectivity index (χ0n) is 16.2. The molecule has 1 aromatic carbocycles. The minimum atomic E-state index is -0.112. The molecule has 0 saturated carbocycles. The highest BCUT2D eigenvalue weighted by Gasteiger charge is 2.16. The van der Waals surface area contributed by atoms with Crippen molar-refractivity contribution < 1.29 is 4.79 Å². The van der Waals surface area contributed by atoms with Gasteiger partial charge >= 0.3 is 0 Å². The predicted molar refractivity (Wildman–Crippen MR) is 117 cm³/mol. The number of hydrogen-bond acceptors (Lipinski definition) is 5. The summed E-state index contributed by atoms with van der Waals surface area (Å²) >= 11 is 1.46. The maximum Gasteiger partial charge on any atom is 0.262 e. The summed E-state index contributed by atoms with van der Waals surface area (Å²) < 4.78 is 1.52. The van der Waals surface area contributed by atoms with E-state index in [2.05, 4.69) is 4.98 Å². The van der Waals surface area contributed by atoms with Gasteiger partial charge in [0.1, 0.15) is 4.83 Å². The first-order valence-electron chi connectivity index (χ1n) is 8.91. The van der Waals surface area contributed by atoms with Crippen molar-refractivity contribution in [3.63, 3.8) is 0 Å². The Morgan fingerprint density at radius 1 is 1.32 bits per heavy atom. The molecule has 1 amide bonds. The largest absolute Gasteiger partial charge is 0.342 e. The second-order valence-electron chi connectivity index (χ2n) is 6.78. The normalized spacial score (nSPS) is 11.9. The molecule has 2 heterocycles. The van der Waals surface area contributed by atoms with E-state index in [9.17, 15) is 9.59 Å². The first-order chi connectivity index (χ1) is 12.9. The molecule has 150 valence electrons. The minimum Gasteiger partial charge on any atom is -0.342 e. The topological polar surface area (TPSA) is 81.2 Å². The number of aromatic nitrogens is 2. The number of amides is 1. The number of aryl methyl sites for hydroxylation is 2. The van der Waals surface area contributed by atoms with Gasteiger partial charge in [0.05, 0.1) is 11.7 Å². The summed E-state index contributed by atoms with van der Waals surface area (Å²) in [7, 11) is 1.73. The third kappa shape index (κ3) is 4.43. The van der Waals surface area contributed by atoms with Crippen LogP contribution in [0, 0.1) is 6.92 Å². The smallest absolute Gasteiger partial charge is 0.262 e. The van der Waals surface area contributed by atoms with Gasteiger partial charge in [0.25, 0.3) is 5.56 Å². The number of carbonyl (C=O) groups excluding carboxylic acids is 1. The van der Waals surface area contributed by atoms with E-state index < -0.39 is 0 Å². The van der Waals surface area contributed by atoms with E-state index in [1.165, 1.54) is 27.8 Å². The quantitative estimate of drug-likeness (QED) is 0.664. The summed E-state index contributed by atoms with van der Waals surface area (Å²) in [6.07, 6.45) is 1.76. The van der Waals surface area contributed by atoms with Crippen LogP contribution in [0.4, 0.5) is 0 Å². The molecule has 0 aliphatic carbocycles. The molecule has 0 bridgehead atoms. The number of carbonyl (C=O) groups is 1. The average Bonchev–Trinajstić information content (AvgIpc) is 3.11. The van der Waals surface area contributed by atoms with E-state index in [0.717, 1.165) is 11.1 Å². The van der Waals surface area contributed by atoms with Gasteiger partial charge in [-0.05, 0) is 19.4 Å². The Kier molecular flexibility index (Phi) is 7.35. The number of nitrogens with two attached hydrogens (primary N) is 1. The lowest BCUT2D eigenvalue weighted by molar-refractivity contribution is -0.131. The van der Waals surface area contributed by atoms with E-state index in [1.807, 2.05) is 43.5 Å². The highest BCUT2D eigenvalue weighted by Crippen LogP contribution is 2.30. The number of rotatable bonds is 6. The number of fused-ring (bicyclic) bond motifs is 1. The molecule has 1 atom stereocenters.